The van der Waals surface area contributed by atoms with E-state index in [9.17, 15) is 9.59 Å². The third kappa shape index (κ3) is 5.18. The molecule has 2 aromatic heterocycles. The largest absolute Gasteiger partial charge is 0.469 e. The molecular weight excluding hydrogens is 468 g/mol. The topological polar surface area (TPSA) is 59.5 Å². The highest BCUT2D eigenvalue weighted by Crippen LogP contribution is 2.37. The highest BCUT2D eigenvalue weighted by atomic mass is 35.5. The number of carbonyl (C=O) groups is 2. The monoisotopic (exact) mass is 496 g/mol. The van der Waals surface area contributed by atoms with Crippen molar-refractivity contribution in [3.63, 3.8) is 0 Å². The van der Waals surface area contributed by atoms with Gasteiger partial charge in [-0.2, -0.15) is 0 Å². The van der Waals surface area contributed by atoms with E-state index in [0.717, 1.165) is 27.3 Å². The number of piperidine rings is 1. The Labute approximate surface area is 209 Å². The average Bonchev–Trinajstić information content (AvgIpc) is 3.32. The minimum absolute atomic E-state index is 0.0187. The Hall–Kier alpha value is -2.70. The van der Waals surface area contributed by atoms with Crippen LogP contribution in [0.3, 0.4) is 0 Å². The van der Waals surface area contributed by atoms with Gasteiger partial charge in [0.25, 0.3) is 5.91 Å². The molecule has 3 aromatic rings. The van der Waals surface area contributed by atoms with Gasteiger partial charge in [0.15, 0.2) is 0 Å². The van der Waals surface area contributed by atoms with Gasteiger partial charge < -0.3 is 9.64 Å². The first-order valence-electron chi connectivity index (χ1n) is 11.4. The lowest BCUT2D eigenvalue weighted by Crippen LogP contribution is -2.40. The van der Waals surface area contributed by atoms with E-state index in [2.05, 4.69) is 43.3 Å². The molecule has 34 heavy (non-hydrogen) atoms. The number of esters is 1. The van der Waals surface area contributed by atoms with Gasteiger partial charge in [-0.3, -0.25) is 14.6 Å². The molecule has 0 spiro atoms. The first-order chi connectivity index (χ1) is 16.2. The molecule has 178 valence electrons. The Kier molecular flexibility index (Phi) is 7.10. The summed E-state index contributed by atoms with van der Waals surface area (Å²) in [4.78, 5) is 32.1. The van der Waals surface area contributed by atoms with E-state index < -0.39 is 0 Å². The third-order valence-electron chi connectivity index (χ3n) is 6.26. The molecule has 1 aliphatic heterocycles. The van der Waals surface area contributed by atoms with Crippen LogP contribution in [0.15, 0.2) is 48.0 Å². The summed E-state index contributed by atoms with van der Waals surface area (Å²) in [5.41, 5.74) is 4.75. The van der Waals surface area contributed by atoms with Crippen LogP contribution < -0.4 is 0 Å². The first-order valence-corrected chi connectivity index (χ1v) is 12.7. The number of carbonyl (C=O) groups excluding carboxylic acids is 2. The highest BCUT2D eigenvalue weighted by molar-refractivity contribution is 7.14. The molecule has 0 saturated carbocycles. The van der Waals surface area contributed by atoms with E-state index in [-0.39, 0.29) is 23.2 Å². The molecule has 1 saturated heterocycles. The minimum atomic E-state index is -0.198. The zero-order chi connectivity index (χ0) is 24.5. The average molecular weight is 497 g/mol. The molecule has 3 heterocycles. The summed E-state index contributed by atoms with van der Waals surface area (Å²) < 4.78 is 4.83. The zero-order valence-corrected chi connectivity index (χ0v) is 21.5. The summed E-state index contributed by atoms with van der Waals surface area (Å²) in [5, 5.41) is 2.67. The Morgan fingerprint density at radius 3 is 2.47 bits per heavy atom. The van der Waals surface area contributed by atoms with Crippen molar-refractivity contribution in [2.45, 2.75) is 39.0 Å². The van der Waals surface area contributed by atoms with Gasteiger partial charge in [-0.1, -0.05) is 38.4 Å². The summed E-state index contributed by atoms with van der Waals surface area (Å²) in [7, 11) is 1.40. The van der Waals surface area contributed by atoms with Crippen molar-refractivity contribution in [2.75, 3.05) is 20.2 Å². The fraction of sp³-hybridized carbons (Fsp3) is 0.370. The molecule has 1 aromatic carbocycles. The van der Waals surface area contributed by atoms with Gasteiger partial charge >= 0.3 is 5.97 Å². The summed E-state index contributed by atoms with van der Waals surface area (Å²) in [6.07, 6.45) is 3.09. The maximum Gasteiger partial charge on any atom is 0.308 e. The molecule has 0 bridgehead atoms. The molecule has 0 atom stereocenters. The summed E-state index contributed by atoms with van der Waals surface area (Å²) >= 11 is 8.26. The molecule has 0 aliphatic carbocycles. The number of amides is 1. The van der Waals surface area contributed by atoms with Crippen molar-refractivity contribution in [1.29, 1.82) is 0 Å². The van der Waals surface area contributed by atoms with Crippen molar-refractivity contribution in [1.82, 2.24) is 9.88 Å². The van der Waals surface area contributed by atoms with Crippen LogP contribution in [0, 0.1) is 5.92 Å². The number of benzene rings is 1. The lowest BCUT2D eigenvalue weighted by molar-refractivity contribution is -0.146. The predicted molar refractivity (Wildman–Crippen MR) is 137 cm³/mol. The fourth-order valence-corrected chi connectivity index (χ4v) is 5.46. The number of hydrogen-bond donors (Lipinski definition) is 0. The van der Waals surface area contributed by atoms with E-state index in [1.54, 1.807) is 22.3 Å². The molecule has 0 radical (unpaired) electrons. The maximum atomic E-state index is 13.0. The van der Waals surface area contributed by atoms with Gasteiger partial charge in [0, 0.05) is 46.4 Å². The van der Waals surface area contributed by atoms with Crippen molar-refractivity contribution in [2.24, 2.45) is 5.92 Å². The fourth-order valence-electron chi connectivity index (χ4n) is 4.16. The predicted octanol–water partition coefficient (Wildman–Crippen LogP) is 6.45. The molecule has 1 aliphatic rings. The second-order valence-electron chi connectivity index (χ2n) is 9.66. The molecule has 0 unspecified atom stereocenters. The highest BCUT2D eigenvalue weighted by Gasteiger charge is 2.28. The normalized spacial score (nSPS) is 14.8. The third-order valence-corrected chi connectivity index (χ3v) is 7.54. The van der Waals surface area contributed by atoms with E-state index in [1.807, 2.05) is 24.4 Å². The number of ether oxygens (including phenoxy) is 1. The number of rotatable bonds is 4. The van der Waals surface area contributed by atoms with Crippen LogP contribution in [0.5, 0.6) is 0 Å². The zero-order valence-electron chi connectivity index (χ0n) is 19.9. The van der Waals surface area contributed by atoms with Crippen LogP contribution in [0.1, 0.15) is 49.7 Å². The Morgan fingerprint density at radius 2 is 1.82 bits per heavy atom. The number of pyridine rings is 1. The maximum absolute atomic E-state index is 13.0. The van der Waals surface area contributed by atoms with Crippen LogP contribution in [0.25, 0.3) is 21.6 Å². The molecule has 4 rings (SSSR count). The van der Waals surface area contributed by atoms with Crippen molar-refractivity contribution < 1.29 is 14.3 Å². The molecule has 5 nitrogen and oxygen atoms in total. The lowest BCUT2D eigenvalue weighted by atomic mass is 9.90. The number of aromatic nitrogens is 1. The van der Waals surface area contributed by atoms with Crippen molar-refractivity contribution >= 4 is 34.8 Å². The van der Waals surface area contributed by atoms with E-state index in [1.165, 1.54) is 7.11 Å². The second-order valence-corrected chi connectivity index (χ2v) is 11.0. The van der Waals surface area contributed by atoms with E-state index in [0.29, 0.717) is 36.5 Å². The smallest absolute Gasteiger partial charge is 0.308 e. The van der Waals surface area contributed by atoms with E-state index in [4.69, 9.17) is 16.3 Å². The lowest BCUT2D eigenvalue weighted by Gasteiger charge is -2.30. The molecular formula is C27H29ClN2O3S. The van der Waals surface area contributed by atoms with Gasteiger partial charge in [0.2, 0.25) is 0 Å². The van der Waals surface area contributed by atoms with Gasteiger partial charge in [-0.05, 0) is 59.7 Å². The van der Waals surface area contributed by atoms with Gasteiger partial charge in [0.1, 0.15) is 0 Å². The van der Waals surface area contributed by atoms with Gasteiger partial charge in [-0.25, -0.2) is 0 Å². The number of hydrogen-bond acceptors (Lipinski definition) is 5. The number of halogens is 1. The molecule has 0 N–H and O–H groups in total. The molecule has 1 fully saturated rings. The molecule has 1 amide bonds. The van der Waals surface area contributed by atoms with Crippen LogP contribution >= 0.6 is 22.9 Å². The Bertz CT molecular complexity index is 1210. The minimum Gasteiger partial charge on any atom is -0.469 e. The van der Waals surface area contributed by atoms with Gasteiger partial charge in [0.05, 0.1) is 18.1 Å². The van der Waals surface area contributed by atoms with Crippen LogP contribution in [-0.4, -0.2) is 42.0 Å². The van der Waals surface area contributed by atoms with Crippen LogP contribution in [-0.2, 0) is 14.9 Å². The summed E-state index contributed by atoms with van der Waals surface area (Å²) in [6.45, 7) is 7.54. The van der Waals surface area contributed by atoms with Crippen LogP contribution in [0.4, 0.5) is 0 Å². The van der Waals surface area contributed by atoms with E-state index >= 15 is 0 Å². The second kappa shape index (κ2) is 9.88. The summed E-state index contributed by atoms with van der Waals surface area (Å²) in [5.74, 6) is -0.390. The van der Waals surface area contributed by atoms with Crippen LogP contribution in [0.2, 0.25) is 5.02 Å². The number of nitrogens with zero attached hydrogens (tertiary/aromatic N) is 2. The first kappa shape index (κ1) is 24.4. The number of likely N-dealkylation sites (tertiary alicyclic amines) is 1. The Morgan fingerprint density at radius 1 is 1.09 bits per heavy atom. The molecule has 7 heteroatoms. The SMILES string of the molecule is COC(=O)C1CCN(C(=O)c2ccc(-c3cc(-c4ccnc(C(C)(C)C)c4)cs3)c(Cl)c2)CC1. The van der Waals surface area contributed by atoms with Gasteiger partial charge in [-0.15, -0.1) is 11.3 Å². The number of methoxy groups -OCH3 is 1. The summed E-state index contributed by atoms with van der Waals surface area (Å²) in [6, 6.07) is 11.8. The quantitative estimate of drug-likeness (QED) is 0.389. The standard InChI is InChI=1S/C27H29ClN2O3S/c1-27(2,3)24-15-18(7-10-29-24)20-14-23(34-16-20)21-6-5-19(13-22(21)28)25(31)30-11-8-17(9-12-30)26(32)33-4/h5-7,10,13-17H,8-9,11-12H2,1-4H3. The van der Waals surface area contributed by atoms with Crippen molar-refractivity contribution in [3.05, 3.63) is 64.3 Å². The number of thiophene rings is 1. The Balaban J connectivity index is 1.50. The van der Waals surface area contributed by atoms with Crippen molar-refractivity contribution in [3.8, 4) is 21.6 Å².